The normalized spacial score (nSPS) is 17.6. The topological polar surface area (TPSA) is 26.3 Å². The van der Waals surface area contributed by atoms with Crippen molar-refractivity contribution in [3.05, 3.63) is 51.7 Å². The summed E-state index contributed by atoms with van der Waals surface area (Å²) in [5, 5.41) is 1.96. The molecule has 1 aromatic heterocycles. The lowest BCUT2D eigenvalue weighted by Crippen LogP contribution is -2.13. The summed E-state index contributed by atoms with van der Waals surface area (Å²) < 4.78 is 5.55. The van der Waals surface area contributed by atoms with E-state index in [1.165, 1.54) is 11.3 Å². The average molecular weight is 244 g/mol. The van der Waals surface area contributed by atoms with Crippen LogP contribution < -0.4 is 4.74 Å². The molecule has 2 aromatic rings. The quantitative estimate of drug-likeness (QED) is 0.757. The molecule has 0 saturated carbocycles. The third-order valence-corrected chi connectivity index (χ3v) is 4.13. The average Bonchev–Trinajstić information content (AvgIpc) is 2.94. The minimum Gasteiger partial charge on any atom is -0.492 e. The predicted molar refractivity (Wildman–Crippen MR) is 68.1 cm³/mol. The molecule has 1 atom stereocenters. The van der Waals surface area contributed by atoms with Crippen LogP contribution in [0.2, 0.25) is 0 Å². The Kier molecular flexibility index (Phi) is 2.48. The molecule has 1 unspecified atom stereocenters. The Balaban J connectivity index is 1.98. The Morgan fingerprint density at radius 2 is 2.18 bits per heavy atom. The van der Waals surface area contributed by atoms with Gasteiger partial charge in [0.1, 0.15) is 12.4 Å². The minimum atomic E-state index is -0.136. The van der Waals surface area contributed by atoms with Gasteiger partial charge < -0.3 is 4.74 Å². The van der Waals surface area contributed by atoms with Crippen molar-refractivity contribution in [2.75, 3.05) is 6.61 Å². The number of para-hydroxylation sites is 1. The number of thiophene rings is 1. The molecule has 2 heterocycles. The Bertz CT molecular complexity index is 571. The fourth-order valence-electron chi connectivity index (χ4n) is 2.16. The third-order valence-electron chi connectivity index (χ3n) is 3.10. The van der Waals surface area contributed by atoms with Gasteiger partial charge in [-0.15, -0.1) is 11.3 Å². The monoisotopic (exact) mass is 244 g/mol. The van der Waals surface area contributed by atoms with Crippen molar-refractivity contribution in [2.24, 2.45) is 0 Å². The Morgan fingerprint density at radius 3 is 2.94 bits per heavy atom. The van der Waals surface area contributed by atoms with Gasteiger partial charge in [-0.05, 0) is 30.0 Å². The summed E-state index contributed by atoms with van der Waals surface area (Å²) in [6, 6.07) is 9.77. The number of fused-ring (bicyclic) bond motifs is 1. The number of ketones is 1. The SMILES string of the molecule is Cc1ccsc1C(=O)C1COc2ccccc21. The first-order valence-corrected chi connectivity index (χ1v) is 6.45. The van der Waals surface area contributed by atoms with E-state index in [0.29, 0.717) is 6.61 Å². The molecule has 3 heteroatoms. The number of carbonyl (C=O) groups is 1. The number of hydrogen-bond donors (Lipinski definition) is 0. The van der Waals surface area contributed by atoms with E-state index < -0.39 is 0 Å². The predicted octanol–water partition coefficient (Wildman–Crippen LogP) is 3.42. The fourth-order valence-corrected chi connectivity index (χ4v) is 3.08. The van der Waals surface area contributed by atoms with Crippen LogP contribution in [0.1, 0.15) is 26.7 Å². The highest BCUT2D eigenvalue weighted by Crippen LogP contribution is 2.36. The molecule has 0 radical (unpaired) electrons. The highest BCUT2D eigenvalue weighted by atomic mass is 32.1. The molecule has 0 fully saturated rings. The smallest absolute Gasteiger partial charge is 0.184 e. The zero-order valence-corrected chi connectivity index (χ0v) is 10.3. The molecular weight excluding hydrogens is 232 g/mol. The molecule has 0 bridgehead atoms. The first kappa shape index (κ1) is 10.5. The van der Waals surface area contributed by atoms with Gasteiger partial charge >= 0.3 is 0 Å². The van der Waals surface area contributed by atoms with Gasteiger partial charge in [0.25, 0.3) is 0 Å². The van der Waals surface area contributed by atoms with Gasteiger partial charge in [0, 0.05) is 5.56 Å². The molecule has 3 rings (SSSR count). The van der Waals surface area contributed by atoms with E-state index >= 15 is 0 Å². The van der Waals surface area contributed by atoms with Crippen LogP contribution in [0.5, 0.6) is 5.75 Å². The molecule has 2 nitrogen and oxygen atoms in total. The van der Waals surface area contributed by atoms with Crippen molar-refractivity contribution in [3.63, 3.8) is 0 Å². The van der Waals surface area contributed by atoms with Gasteiger partial charge in [0.05, 0.1) is 10.8 Å². The van der Waals surface area contributed by atoms with Crippen molar-refractivity contribution in [2.45, 2.75) is 12.8 Å². The van der Waals surface area contributed by atoms with Crippen molar-refractivity contribution in [3.8, 4) is 5.75 Å². The number of aryl methyl sites for hydroxylation is 1. The minimum absolute atomic E-state index is 0.136. The molecule has 0 amide bonds. The van der Waals surface area contributed by atoms with Crippen molar-refractivity contribution in [1.29, 1.82) is 0 Å². The number of Topliss-reactive ketones (excluding diaryl/α,β-unsaturated/α-hetero) is 1. The van der Waals surface area contributed by atoms with Crippen molar-refractivity contribution >= 4 is 17.1 Å². The van der Waals surface area contributed by atoms with Gasteiger partial charge in [-0.2, -0.15) is 0 Å². The van der Waals surface area contributed by atoms with Crippen LogP contribution in [-0.4, -0.2) is 12.4 Å². The number of ether oxygens (including phenoxy) is 1. The van der Waals surface area contributed by atoms with E-state index in [4.69, 9.17) is 4.74 Å². The van der Waals surface area contributed by atoms with E-state index in [-0.39, 0.29) is 11.7 Å². The highest BCUT2D eigenvalue weighted by Gasteiger charge is 2.31. The van der Waals surface area contributed by atoms with Crippen LogP contribution >= 0.6 is 11.3 Å². The maximum atomic E-state index is 12.4. The lowest BCUT2D eigenvalue weighted by molar-refractivity contribution is 0.0951. The van der Waals surface area contributed by atoms with Gasteiger partial charge in [0.2, 0.25) is 0 Å². The van der Waals surface area contributed by atoms with Crippen LogP contribution in [0.15, 0.2) is 35.7 Å². The van der Waals surface area contributed by atoms with Crippen LogP contribution in [0.4, 0.5) is 0 Å². The van der Waals surface area contributed by atoms with E-state index in [1.807, 2.05) is 42.6 Å². The molecule has 86 valence electrons. The summed E-state index contributed by atoms with van der Waals surface area (Å²) in [7, 11) is 0. The van der Waals surface area contributed by atoms with Crippen molar-refractivity contribution in [1.82, 2.24) is 0 Å². The summed E-state index contributed by atoms with van der Waals surface area (Å²) in [4.78, 5) is 13.3. The van der Waals surface area contributed by atoms with Gasteiger partial charge in [0.15, 0.2) is 5.78 Å². The Labute approximate surface area is 104 Å². The van der Waals surface area contributed by atoms with E-state index in [1.54, 1.807) is 0 Å². The van der Waals surface area contributed by atoms with Gasteiger partial charge in [-0.25, -0.2) is 0 Å². The van der Waals surface area contributed by atoms with E-state index in [2.05, 4.69) is 0 Å². The lowest BCUT2D eigenvalue weighted by atomic mass is 9.95. The molecule has 0 N–H and O–H groups in total. The second-order valence-corrected chi connectivity index (χ2v) is 5.11. The second kappa shape index (κ2) is 4.00. The van der Waals surface area contributed by atoms with Crippen molar-refractivity contribution < 1.29 is 9.53 Å². The second-order valence-electron chi connectivity index (χ2n) is 4.20. The molecule has 0 aliphatic carbocycles. The molecule has 0 saturated heterocycles. The van der Waals surface area contributed by atoms with Gasteiger partial charge in [-0.1, -0.05) is 18.2 Å². The maximum Gasteiger partial charge on any atom is 0.184 e. The largest absolute Gasteiger partial charge is 0.492 e. The van der Waals surface area contributed by atoms with Crippen LogP contribution in [0.3, 0.4) is 0 Å². The lowest BCUT2D eigenvalue weighted by Gasteiger charge is -2.06. The number of hydrogen-bond acceptors (Lipinski definition) is 3. The maximum absolute atomic E-state index is 12.4. The molecule has 17 heavy (non-hydrogen) atoms. The zero-order chi connectivity index (χ0) is 11.8. The molecule has 1 aliphatic heterocycles. The Hall–Kier alpha value is -1.61. The number of carbonyl (C=O) groups excluding carboxylic acids is 1. The highest BCUT2D eigenvalue weighted by molar-refractivity contribution is 7.12. The molecule has 1 aliphatic rings. The van der Waals surface area contributed by atoms with E-state index in [0.717, 1.165) is 21.8 Å². The summed E-state index contributed by atoms with van der Waals surface area (Å²) in [6.07, 6.45) is 0. The van der Waals surface area contributed by atoms with E-state index in [9.17, 15) is 4.79 Å². The Morgan fingerprint density at radius 1 is 1.35 bits per heavy atom. The summed E-state index contributed by atoms with van der Waals surface area (Å²) >= 11 is 1.51. The third kappa shape index (κ3) is 1.67. The zero-order valence-electron chi connectivity index (χ0n) is 9.47. The molecule has 1 aromatic carbocycles. The van der Waals surface area contributed by atoms with Crippen LogP contribution in [0.25, 0.3) is 0 Å². The first-order chi connectivity index (χ1) is 8.27. The number of rotatable bonds is 2. The van der Waals surface area contributed by atoms with Crippen LogP contribution in [0, 0.1) is 6.92 Å². The summed E-state index contributed by atoms with van der Waals surface area (Å²) in [5.74, 6) is 0.894. The first-order valence-electron chi connectivity index (χ1n) is 5.57. The molecular formula is C14H12O2S. The van der Waals surface area contributed by atoms with Gasteiger partial charge in [-0.3, -0.25) is 4.79 Å². The fraction of sp³-hybridized carbons (Fsp3) is 0.214. The summed E-state index contributed by atoms with van der Waals surface area (Å²) in [5.41, 5.74) is 2.08. The number of benzene rings is 1. The summed E-state index contributed by atoms with van der Waals surface area (Å²) in [6.45, 7) is 2.45. The standard InChI is InChI=1S/C14H12O2S/c1-9-6-7-17-14(9)13(15)11-8-16-12-5-3-2-4-10(11)12/h2-7,11H,8H2,1H3. The molecule has 0 spiro atoms. The van der Waals surface area contributed by atoms with Crippen LogP contribution in [-0.2, 0) is 0 Å².